The fraction of sp³-hybridized carbons (Fsp3) is 1.00. The van der Waals surface area contributed by atoms with Gasteiger partial charge in [0.15, 0.2) is 0 Å². The van der Waals surface area contributed by atoms with Crippen molar-refractivity contribution in [2.75, 3.05) is 13.2 Å². The quantitative estimate of drug-likeness (QED) is 0.747. The highest BCUT2D eigenvalue weighted by Gasteiger charge is 2.55. The predicted molar refractivity (Wildman–Crippen MR) is 62.4 cm³/mol. The molecule has 3 heteroatoms. The van der Waals surface area contributed by atoms with Crippen LogP contribution in [0, 0.1) is 5.92 Å². The molecule has 3 nitrogen and oxygen atoms in total. The zero-order valence-electron chi connectivity index (χ0n) is 10.9. The van der Waals surface area contributed by atoms with E-state index < -0.39 is 5.60 Å². The number of hydrogen-bond donors (Lipinski definition) is 1. The van der Waals surface area contributed by atoms with Crippen molar-refractivity contribution >= 4 is 0 Å². The minimum absolute atomic E-state index is 0.138. The van der Waals surface area contributed by atoms with Crippen LogP contribution in [-0.4, -0.2) is 35.1 Å². The van der Waals surface area contributed by atoms with Crippen LogP contribution >= 0.6 is 0 Å². The lowest BCUT2D eigenvalue weighted by Gasteiger charge is -2.42. The highest BCUT2D eigenvalue weighted by molar-refractivity contribution is 5.04. The first-order valence-electron chi connectivity index (χ1n) is 6.26. The average Bonchev–Trinajstić information content (AvgIpc) is 2.36. The van der Waals surface area contributed by atoms with E-state index in [-0.39, 0.29) is 17.1 Å². The predicted octanol–water partition coefficient (Wildman–Crippen LogP) is 2.12. The molecule has 0 saturated carbocycles. The smallest absolute Gasteiger partial charge is 0.0937 e. The summed E-state index contributed by atoms with van der Waals surface area (Å²) in [5, 5.41) is 10.7. The fourth-order valence-corrected chi connectivity index (χ4v) is 3.48. The van der Waals surface area contributed by atoms with Gasteiger partial charge in [0.25, 0.3) is 0 Å². The van der Waals surface area contributed by atoms with Gasteiger partial charge in [0.1, 0.15) is 0 Å². The third-order valence-corrected chi connectivity index (χ3v) is 3.97. The van der Waals surface area contributed by atoms with Crippen molar-refractivity contribution in [2.45, 2.75) is 63.8 Å². The number of ether oxygens (including phenoxy) is 2. The van der Waals surface area contributed by atoms with Gasteiger partial charge in [-0.25, -0.2) is 0 Å². The Hall–Kier alpha value is -0.120. The monoisotopic (exact) mass is 228 g/mol. The molecule has 0 amide bonds. The van der Waals surface area contributed by atoms with Gasteiger partial charge < -0.3 is 14.6 Å². The summed E-state index contributed by atoms with van der Waals surface area (Å²) in [6.07, 6.45) is 2.68. The Morgan fingerprint density at radius 3 is 2.31 bits per heavy atom. The van der Waals surface area contributed by atoms with E-state index in [1.54, 1.807) is 0 Å². The number of aliphatic hydroxyl groups is 1. The summed E-state index contributed by atoms with van der Waals surface area (Å²) in [6, 6.07) is 0. The molecule has 0 aromatic rings. The van der Waals surface area contributed by atoms with Crippen LogP contribution < -0.4 is 0 Å². The Morgan fingerprint density at radius 1 is 1.19 bits per heavy atom. The third-order valence-electron chi connectivity index (χ3n) is 3.97. The molecule has 2 fully saturated rings. The molecule has 2 saturated heterocycles. The third kappa shape index (κ3) is 2.13. The van der Waals surface area contributed by atoms with Gasteiger partial charge in [0, 0.05) is 12.5 Å². The van der Waals surface area contributed by atoms with Gasteiger partial charge in [-0.1, -0.05) is 0 Å². The molecule has 0 radical (unpaired) electrons. The molecule has 2 rings (SSSR count). The zero-order valence-corrected chi connectivity index (χ0v) is 10.9. The molecule has 2 unspecified atom stereocenters. The first-order valence-corrected chi connectivity index (χ1v) is 6.26. The van der Waals surface area contributed by atoms with E-state index in [1.807, 2.05) is 0 Å². The zero-order chi connectivity index (χ0) is 12.0. The summed E-state index contributed by atoms with van der Waals surface area (Å²) < 4.78 is 11.5. The molecule has 0 bridgehead atoms. The van der Waals surface area contributed by atoms with Crippen LogP contribution in [0.1, 0.15) is 47.0 Å². The van der Waals surface area contributed by atoms with Crippen LogP contribution in [0.2, 0.25) is 0 Å². The fourth-order valence-electron chi connectivity index (χ4n) is 3.48. The van der Waals surface area contributed by atoms with E-state index in [2.05, 4.69) is 27.7 Å². The molecule has 94 valence electrons. The van der Waals surface area contributed by atoms with Crippen LogP contribution in [-0.2, 0) is 9.47 Å². The van der Waals surface area contributed by atoms with Crippen molar-refractivity contribution in [1.82, 2.24) is 0 Å². The lowest BCUT2D eigenvalue weighted by atomic mass is 9.72. The van der Waals surface area contributed by atoms with Gasteiger partial charge in [0.05, 0.1) is 23.4 Å². The van der Waals surface area contributed by atoms with E-state index in [0.717, 1.165) is 25.9 Å². The van der Waals surface area contributed by atoms with Crippen molar-refractivity contribution in [1.29, 1.82) is 0 Å². The van der Waals surface area contributed by atoms with E-state index in [1.165, 1.54) is 0 Å². The molecule has 2 heterocycles. The summed E-state index contributed by atoms with van der Waals surface area (Å²) in [7, 11) is 0. The Kier molecular flexibility index (Phi) is 2.84. The maximum absolute atomic E-state index is 10.7. The molecular formula is C13H24O3. The molecule has 0 spiro atoms. The highest BCUT2D eigenvalue weighted by Crippen LogP contribution is 2.48. The standard InChI is InChI=1S/C13H24O3/c1-11(2)8-10(12(3,4)16-11)13(14)6-5-7-15-9-13/h10,14H,5-9H2,1-4H3. The molecule has 16 heavy (non-hydrogen) atoms. The second kappa shape index (κ2) is 3.69. The van der Waals surface area contributed by atoms with E-state index in [0.29, 0.717) is 6.61 Å². The van der Waals surface area contributed by atoms with Crippen molar-refractivity contribution < 1.29 is 14.6 Å². The molecule has 0 aromatic heterocycles. The van der Waals surface area contributed by atoms with E-state index in [9.17, 15) is 5.11 Å². The lowest BCUT2D eigenvalue weighted by molar-refractivity contribution is -0.156. The van der Waals surface area contributed by atoms with Gasteiger partial charge in [-0.2, -0.15) is 0 Å². The normalized spacial score (nSPS) is 42.2. The van der Waals surface area contributed by atoms with Gasteiger partial charge in [-0.05, 0) is 47.0 Å². The molecular weight excluding hydrogens is 204 g/mol. The molecule has 2 atom stereocenters. The lowest BCUT2D eigenvalue weighted by Crippen LogP contribution is -2.51. The highest BCUT2D eigenvalue weighted by atomic mass is 16.5. The second-order valence-corrected chi connectivity index (χ2v) is 6.48. The maximum Gasteiger partial charge on any atom is 0.0937 e. The minimum atomic E-state index is -0.699. The molecule has 2 aliphatic rings. The SMILES string of the molecule is CC1(C)CC(C2(O)CCCOC2)C(C)(C)O1. The first-order chi connectivity index (χ1) is 7.25. The van der Waals surface area contributed by atoms with Gasteiger partial charge in [-0.3, -0.25) is 0 Å². The van der Waals surface area contributed by atoms with Crippen LogP contribution in [0.3, 0.4) is 0 Å². The van der Waals surface area contributed by atoms with Crippen molar-refractivity contribution in [3.8, 4) is 0 Å². The largest absolute Gasteiger partial charge is 0.387 e. The topological polar surface area (TPSA) is 38.7 Å². The molecule has 2 aliphatic heterocycles. The maximum atomic E-state index is 10.7. The Balaban J connectivity index is 2.19. The second-order valence-electron chi connectivity index (χ2n) is 6.48. The van der Waals surface area contributed by atoms with E-state index in [4.69, 9.17) is 9.47 Å². The summed E-state index contributed by atoms with van der Waals surface area (Å²) in [5.41, 5.74) is -1.10. The Bertz CT molecular complexity index is 264. The summed E-state index contributed by atoms with van der Waals surface area (Å²) >= 11 is 0. The molecule has 1 N–H and O–H groups in total. The van der Waals surface area contributed by atoms with Crippen LogP contribution in [0.15, 0.2) is 0 Å². The van der Waals surface area contributed by atoms with Gasteiger partial charge >= 0.3 is 0 Å². The first kappa shape index (κ1) is 12.3. The Labute approximate surface area is 98.1 Å². The van der Waals surface area contributed by atoms with Gasteiger partial charge in [0.2, 0.25) is 0 Å². The van der Waals surface area contributed by atoms with E-state index >= 15 is 0 Å². The Morgan fingerprint density at radius 2 is 1.88 bits per heavy atom. The summed E-state index contributed by atoms with van der Waals surface area (Å²) in [6.45, 7) is 9.60. The average molecular weight is 228 g/mol. The number of rotatable bonds is 1. The van der Waals surface area contributed by atoms with Crippen molar-refractivity contribution in [3.05, 3.63) is 0 Å². The van der Waals surface area contributed by atoms with Gasteiger partial charge in [-0.15, -0.1) is 0 Å². The van der Waals surface area contributed by atoms with Crippen LogP contribution in [0.4, 0.5) is 0 Å². The molecule has 0 aromatic carbocycles. The minimum Gasteiger partial charge on any atom is -0.387 e. The van der Waals surface area contributed by atoms with Crippen LogP contribution in [0.25, 0.3) is 0 Å². The van der Waals surface area contributed by atoms with Crippen molar-refractivity contribution in [2.24, 2.45) is 5.92 Å². The summed E-state index contributed by atoms with van der Waals surface area (Å²) in [4.78, 5) is 0. The summed E-state index contributed by atoms with van der Waals surface area (Å²) in [5.74, 6) is 0.162. The van der Waals surface area contributed by atoms with Crippen molar-refractivity contribution in [3.63, 3.8) is 0 Å². The molecule has 0 aliphatic carbocycles. The number of hydrogen-bond acceptors (Lipinski definition) is 3. The van der Waals surface area contributed by atoms with Crippen LogP contribution in [0.5, 0.6) is 0 Å².